The highest BCUT2D eigenvalue weighted by Gasteiger charge is 2.20. The zero-order chi connectivity index (χ0) is 26.6. The number of anilines is 2. The number of hydrogen-bond acceptors (Lipinski definition) is 8. The second-order valence-electron chi connectivity index (χ2n) is 7.70. The van der Waals surface area contributed by atoms with Crippen LogP contribution in [0.2, 0.25) is 5.02 Å². The number of halogens is 1. The molecule has 1 atom stereocenters. The first-order valence-corrected chi connectivity index (χ1v) is 11.7. The third-order valence-corrected chi connectivity index (χ3v) is 5.48. The molecule has 1 unspecified atom stereocenters. The molecule has 0 amide bonds. The lowest BCUT2D eigenvalue weighted by Crippen LogP contribution is -2.09. The van der Waals surface area contributed by atoms with Crippen LogP contribution in [0.25, 0.3) is 5.57 Å². The van der Waals surface area contributed by atoms with E-state index in [0.29, 0.717) is 16.3 Å². The number of hydrogen-bond donors (Lipinski definition) is 1. The largest absolute Gasteiger partial charge is 0.503 e. The smallest absolute Gasteiger partial charge is 0.341 e. The predicted octanol–water partition coefficient (Wildman–Crippen LogP) is 6.36. The SMILES string of the molecule is COC=C(C(=O)OC)c1ccccc1C(C)ON=CC(=NOC)c1ccc(Nc2ccc(Cl)cc2)cc1. The van der Waals surface area contributed by atoms with Crippen LogP contribution in [0.5, 0.6) is 0 Å². The van der Waals surface area contributed by atoms with Gasteiger partial charge in [-0.3, -0.25) is 0 Å². The maximum Gasteiger partial charge on any atom is 0.341 e. The molecule has 3 aromatic rings. The molecule has 37 heavy (non-hydrogen) atoms. The number of esters is 1. The van der Waals surface area contributed by atoms with Gasteiger partial charge < -0.3 is 24.5 Å². The van der Waals surface area contributed by atoms with Crippen molar-refractivity contribution >= 4 is 46.4 Å². The summed E-state index contributed by atoms with van der Waals surface area (Å²) in [6.45, 7) is 1.82. The molecule has 0 saturated heterocycles. The van der Waals surface area contributed by atoms with Gasteiger partial charge in [-0.25, -0.2) is 4.79 Å². The van der Waals surface area contributed by atoms with Crippen molar-refractivity contribution in [2.45, 2.75) is 13.0 Å². The van der Waals surface area contributed by atoms with Crippen molar-refractivity contribution < 1.29 is 23.9 Å². The molecule has 0 aliphatic rings. The lowest BCUT2D eigenvalue weighted by atomic mass is 9.97. The Bertz CT molecular complexity index is 1270. The highest BCUT2D eigenvalue weighted by Crippen LogP contribution is 2.28. The fraction of sp³-hybridized carbons (Fsp3) is 0.179. The number of benzene rings is 3. The predicted molar refractivity (Wildman–Crippen MR) is 146 cm³/mol. The van der Waals surface area contributed by atoms with Crippen LogP contribution in [0, 0.1) is 0 Å². The molecule has 3 aromatic carbocycles. The van der Waals surface area contributed by atoms with Crippen molar-refractivity contribution in [3.8, 4) is 0 Å². The van der Waals surface area contributed by atoms with Crippen molar-refractivity contribution in [2.24, 2.45) is 10.3 Å². The average molecular weight is 522 g/mol. The van der Waals surface area contributed by atoms with Crippen molar-refractivity contribution in [2.75, 3.05) is 26.6 Å². The Hall–Kier alpha value is -4.30. The highest BCUT2D eigenvalue weighted by atomic mass is 35.5. The van der Waals surface area contributed by atoms with Gasteiger partial charge in [0.1, 0.15) is 24.5 Å². The Kier molecular flexibility index (Phi) is 10.1. The molecule has 0 radical (unpaired) electrons. The van der Waals surface area contributed by atoms with E-state index in [1.54, 1.807) is 6.07 Å². The third kappa shape index (κ3) is 7.59. The molecular formula is C28H28ClN3O5. The van der Waals surface area contributed by atoms with Crippen molar-refractivity contribution in [3.63, 3.8) is 0 Å². The van der Waals surface area contributed by atoms with Crippen molar-refractivity contribution in [1.29, 1.82) is 0 Å². The second-order valence-corrected chi connectivity index (χ2v) is 8.13. The summed E-state index contributed by atoms with van der Waals surface area (Å²) in [4.78, 5) is 23.0. The van der Waals surface area contributed by atoms with E-state index in [2.05, 4.69) is 15.6 Å². The number of ether oxygens (including phenoxy) is 2. The van der Waals surface area contributed by atoms with Crippen LogP contribution in [-0.2, 0) is 23.9 Å². The van der Waals surface area contributed by atoms with E-state index in [1.807, 2.05) is 73.7 Å². The van der Waals surface area contributed by atoms with Gasteiger partial charge in [0, 0.05) is 27.5 Å². The molecule has 0 heterocycles. The number of nitrogens with one attached hydrogen (secondary N) is 1. The molecule has 3 rings (SSSR count). The monoisotopic (exact) mass is 521 g/mol. The summed E-state index contributed by atoms with van der Waals surface area (Å²) in [6, 6.07) is 22.3. The van der Waals surface area contributed by atoms with Crippen LogP contribution in [0.4, 0.5) is 11.4 Å². The Labute approximate surface area is 221 Å². The van der Waals surface area contributed by atoms with E-state index in [4.69, 9.17) is 30.7 Å². The Balaban J connectivity index is 1.73. The van der Waals surface area contributed by atoms with E-state index in [9.17, 15) is 4.79 Å². The van der Waals surface area contributed by atoms with Gasteiger partial charge in [0.05, 0.1) is 26.7 Å². The van der Waals surface area contributed by atoms with Crippen molar-refractivity contribution in [3.05, 3.63) is 101 Å². The lowest BCUT2D eigenvalue weighted by molar-refractivity contribution is -0.133. The van der Waals surface area contributed by atoms with Crippen LogP contribution in [-0.4, -0.2) is 39.2 Å². The normalized spacial score (nSPS) is 12.7. The minimum Gasteiger partial charge on any atom is -0.503 e. The fourth-order valence-corrected chi connectivity index (χ4v) is 3.57. The van der Waals surface area contributed by atoms with Crippen molar-refractivity contribution in [1.82, 2.24) is 0 Å². The molecular weight excluding hydrogens is 494 g/mol. The third-order valence-electron chi connectivity index (χ3n) is 5.23. The summed E-state index contributed by atoms with van der Waals surface area (Å²) in [5.41, 5.74) is 4.68. The number of carbonyl (C=O) groups is 1. The van der Waals surface area contributed by atoms with Gasteiger partial charge in [-0.05, 0) is 48.9 Å². The van der Waals surface area contributed by atoms with Gasteiger partial charge in [0.15, 0.2) is 0 Å². The van der Waals surface area contributed by atoms with E-state index in [0.717, 1.165) is 22.5 Å². The summed E-state index contributed by atoms with van der Waals surface area (Å²) < 4.78 is 9.97. The topological polar surface area (TPSA) is 90.7 Å². The standard InChI is InChI=1S/C28H28ClN3O5/c1-19(24-7-5-6-8-25(24)26(18-34-2)28(33)35-3)37-30-17-27(32-36-4)20-9-13-22(14-10-20)31-23-15-11-21(29)12-16-23/h5-19,31H,1-4H3. The van der Waals surface area contributed by atoms with Crippen LogP contribution >= 0.6 is 11.6 Å². The summed E-state index contributed by atoms with van der Waals surface area (Å²) in [7, 11) is 4.24. The average Bonchev–Trinajstić information content (AvgIpc) is 2.92. The molecule has 8 nitrogen and oxygen atoms in total. The van der Waals surface area contributed by atoms with E-state index in [1.165, 1.54) is 33.8 Å². The summed E-state index contributed by atoms with van der Waals surface area (Å²) in [6.07, 6.45) is 2.32. The Morgan fingerprint density at radius 3 is 2.22 bits per heavy atom. The van der Waals surface area contributed by atoms with E-state index >= 15 is 0 Å². The first-order chi connectivity index (χ1) is 18.0. The zero-order valence-electron chi connectivity index (χ0n) is 21.0. The van der Waals surface area contributed by atoms with Gasteiger partial charge >= 0.3 is 5.97 Å². The summed E-state index contributed by atoms with van der Waals surface area (Å²) in [5, 5.41) is 12.2. The molecule has 0 aliphatic carbocycles. The molecule has 0 aromatic heterocycles. The summed E-state index contributed by atoms with van der Waals surface area (Å²) in [5.74, 6) is -0.520. The molecule has 0 aliphatic heterocycles. The number of oxime groups is 2. The van der Waals surface area contributed by atoms with E-state index in [-0.39, 0.29) is 5.57 Å². The van der Waals surface area contributed by atoms with Gasteiger partial charge in [-0.1, -0.05) is 58.3 Å². The Morgan fingerprint density at radius 1 is 0.946 bits per heavy atom. The van der Waals surface area contributed by atoms with Gasteiger partial charge in [-0.15, -0.1) is 0 Å². The molecule has 9 heteroatoms. The maximum atomic E-state index is 12.3. The van der Waals surface area contributed by atoms with Crippen LogP contribution in [0.15, 0.2) is 89.4 Å². The molecule has 0 fully saturated rings. The zero-order valence-corrected chi connectivity index (χ0v) is 21.7. The number of nitrogens with zero attached hydrogens (tertiary/aromatic N) is 2. The first-order valence-electron chi connectivity index (χ1n) is 11.3. The highest BCUT2D eigenvalue weighted by molar-refractivity contribution is 6.38. The van der Waals surface area contributed by atoms with Crippen LogP contribution < -0.4 is 5.32 Å². The minimum atomic E-state index is -0.520. The second kappa shape index (κ2) is 13.7. The first kappa shape index (κ1) is 27.3. The van der Waals surface area contributed by atoms with Crippen LogP contribution in [0.1, 0.15) is 29.7 Å². The maximum absolute atomic E-state index is 12.3. The Morgan fingerprint density at radius 2 is 1.59 bits per heavy atom. The number of methoxy groups -OCH3 is 2. The van der Waals surface area contributed by atoms with Gasteiger partial charge in [-0.2, -0.15) is 0 Å². The quantitative estimate of drug-likeness (QED) is 0.104. The lowest BCUT2D eigenvalue weighted by Gasteiger charge is -2.16. The summed E-state index contributed by atoms with van der Waals surface area (Å²) >= 11 is 5.95. The minimum absolute atomic E-state index is 0.272. The molecule has 0 bridgehead atoms. The number of carbonyl (C=O) groups excluding carboxylic acids is 1. The van der Waals surface area contributed by atoms with Crippen LogP contribution in [0.3, 0.4) is 0 Å². The molecule has 192 valence electrons. The molecule has 1 N–H and O–H groups in total. The van der Waals surface area contributed by atoms with Gasteiger partial charge in [0.25, 0.3) is 0 Å². The molecule has 0 spiro atoms. The van der Waals surface area contributed by atoms with Gasteiger partial charge in [0.2, 0.25) is 0 Å². The van der Waals surface area contributed by atoms with E-state index < -0.39 is 12.1 Å². The fourth-order valence-electron chi connectivity index (χ4n) is 3.45. The number of rotatable bonds is 11. The molecule has 0 saturated carbocycles.